The van der Waals surface area contributed by atoms with Crippen molar-refractivity contribution in [2.45, 2.75) is 113 Å². The Morgan fingerprint density at radius 1 is 0.906 bits per heavy atom. The van der Waals surface area contributed by atoms with Gasteiger partial charge in [0.1, 0.15) is 0 Å². The summed E-state index contributed by atoms with van der Waals surface area (Å²) in [5.41, 5.74) is 2.38. The third kappa shape index (κ3) is 2.62. The molecule has 0 spiro atoms. The second-order valence-corrected chi connectivity index (χ2v) is 14.5. The van der Waals surface area contributed by atoms with Crippen molar-refractivity contribution in [3.05, 3.63) is 11.6 Å². The average Bonchev–Trinajstić information content (AvgIpc) is 2.70. The Morgan fingerprint density at radius 2 is 1.62 bits per heavy atom. The van der Waals surface area contributed by atoms with Crippen molar-refractivity contribution in [2.24, 2.45) is 56.7 Å². The Balaban J connectivity index is 1.62. The van der Waals surface area contributed by atoms with Crippen molar-refractivity contribution in [1.29, 1.82) is 0 Å². The molecule has 0 amide bonds. The second kappa shape index (κ2) is 6.88. The number of hydrogen-bond donors (Lipinski definition) is 1. The first-order valence-electron chi connectivity index (χ1n) is 13.8. The minimum Gasteiger partial charge on any atom is -0.481 e. The molecule has 4 saturated carbocycles. The van der Waals surface area contributed by atoms with Crippen LogP contribution in [0.2, 0.25) is 0 Å². The molecule has 1 N–H and O–H groups in total. The first kappa shape index (κ1) is 23.0. The van der Waals surface area contributed by atoms with Gasteiger partial charge in [0.15, 0.2) is 0 Å². The molecular weight excluding hydrogens is 392 g/mol. The van der Waals surface area contributed by atoms with E-state index >= 15 is 0 Å². The summed E-state index contributed by atoms with van der Waals surface area (Å²) in [5, 5.41) is 10.5. The van der Waals surface area contributed by atoms with Crippen LogP contribution in [0.1, 0.15) is 113 Å². The van der Waals surface area contributed by atoms with E-state index in [0.717, 1.165) is 37.5 Å². The summed E-state index contributed by atoms with van der Waals surface area (Å²) in [7, 11) is 0. The Bertz CT molecular complexity index is 840. The van der Waals surface area contributed by atoms with Crippen LogP contribution in [0.4, 0.5) is 0 Å². The van der Waals surface area contributed by atoms with Gasteiger partial charge in [0.25, 0.3) is 0 Å². The lowest BCUT2D eigenvalue weighted by Crippen LogP contribution is -2.64. The number of fused-ring (bicyclic) bond motifs is 7. The molecule has 2 nitrogen and oxygen atoms in total. The number of hydrogen-bond acceptors (Lipinski definition) is 1. The number of allylic oxidation sites excluding steroid dienone is 2. The first-order chi connectivity index (χ1) is 14.8. The highest BCUT2D eigenvalue weighted by Crippen LogP contribution is 2.75. The maximum absolute atomic E-state index is 12.8. The Morgan fingerprint density at radius 3 is 2.31 bits per heavy atom. The lowest BCUT2D eigenvalue weighted by Gasteiger charge is -2.71. The van der Waals surface area contributed by atoms with Gasteiger partial charge in [-0.3, -0.25) is 4.79 Å². The van der Waals surface area contributed by atoms with Gasteiger partial charge in [-0.05, 0) is 109 Å². The van der Waals surface area contributed by atoms with Gasteiger partial charge >= 0.3 is 5.97 Å². The van der Waals surface area contributed by atoms with Crippen molar-refractivity contribution >= 4 is 5.97 Å². The summed E-state index contributed by atoms with van der Waals surface area (Å²) >= 11 is 0. The number of carbonyl (C=O) groups is 1. The van der Waals surface area contributed by atoms with E-state index in [1.54, 1.807) is 5.57 Å². The summed E-state index contributed by atoms with van der Waals surface area (Å²) in [4.78, 5) is 12.8. The van der Waals surface area contributed by atoms with E-state index in [2.05, 4.69) is 54.5 Å². The topological polar surface area (TPSA) is 37.3 Å². The van der Waals surface area contributed by atoms with E-state index in [1.807, 2.05) is 0 Å². The maximum Gasteiger partial charge on any atom is 0.310 e. The van der Waals surface area contributed by atoms with Crippen LogP contribution in [0.5, 0.6) is 0 Å². The molecule has 0 aromatic rings. The van der Waals surface area contributed by atoms with Gasteiger partial charge in [-0.1, -0.05) is 66.5 Å². The van der Waals surface area contributed by atoms with Crippen LogP contribution in [-0.2, 0) is 4.79 Å². The van der Waals surface area contributed by atoms with Crippen LogP contribution in [0.25, 0.3) is 0 Å². The Labute approximate surface area is 197 Å². The van der Waals surface area contributed by atoms with E-state index in [4.69, 9.17) is 0 Å². The van der Waals surface area contributed by atoms with E-state index in [1.165, 1.54) is 38.5 Å². The van der Waals surface area contributed by atoms with Gasteiger partial charge < -0.3 is 5.11 Å². The van der Waals surface area contributed by atoms with E-state index in [-0.39, 0.29) is 11.3 Å². The van der Waals surface area contributed by atoms with Gasteiger partial charge in [-0.25, -0.2) is 0 Å². The molecule has 0 bridgehead atoms. The van der Waals surface area contributed by atoms with Crippen molar-refractivity contribution in [3.8, 4) is 0 Å². The van der Waals surface area contributed by atoms with E-state index in [9.17, 15) is 9.90 Å². The SMILES string of the molecule is C[C@H]1[C@H](C)CC[C@]2(C(=O)O)CC[C@]3(C)C(=CCC4[C@@]5(C)CCCC(C)(C)C5CC[C@]43C)[C@H]12. The predicted molar refractivity (Wildman–Crippen MR) is 131 cm³/mol. The molecule has 0 aliphatic heterocycles. The third-order valence-corrected chi connectivity index (χ3v) is 13.2. The molecular formula is C30H48O2. The predicted octanol–water partition coefficient (Wildman–Crippen LogP) is 8.12. The fraction of sp³-hybridized carbons (Fsp3) is 0.900. The smallest absolute Gasteiger partial charge is 0.310 e. The highest BCUT2D eigenvalue weighted by molar-refractivity contribution is 5.76. The zero-order valence-electron chi connectivity index (χ0n) is 21.9. The van der Waals surface area contributed by atoms with Crippen molar-refractivity contribution in [3.63, 3.8) is 0 Å². The number of rotatable bonds is 1. The standard InChI is InChI=1S/C30H48O2/c1-19-11-16-30(25(31)32)18-17-28(6)21(24(30)20(19)2)9-10-23-27(5)14-8-13-26(3,4)22(27)12-15-29(23,28)7/h9,19-20,22-24H,8,10-18H2,1-7H3,(H,31,32)/t19-,20+,22?,23?,24+,27+,28-,29-,30+/m1/s1. The highest BCUT2D eigenvalue weighted by Gasteiger charge is 2.68. The summed E-state index contributed by atoms with van der Waals surface area (Å²) in [6, 6.07) is 0. The van der Waals surface area contributed by atoms with Gasteiger partial charge in [-0.2, -0.15) is 0 Å². The Kier molecular flexibility index (Phi) is 4.94. The summed E-state index contributed by atoms with van der Waals surface area (Å²) < 4.78 is 0. The van der Waals surface area contributed by atoms with Crippen LogP contribution in [0.3, 0.4) is 0 Å². The first-order valence-corrected chi connectivity index (χ1v) is 13.8. The summed E-state index contributed by atoms with van der Waals surface area (Å²) in [6.45, 7) is 17.7. The average molecular weight is 441 g/mol. The minimum absolute atomic E-state index is 0.153. The van der Waals surface area contributed by atoms with Crippen LogP contribution >= 0.6 is 0 Å². The molecule has 0 saturated heterocycles. The van der Waals surface area contributed by atoms with Crippen LogP contribution in [-0.4, -0.2) is 11.1 Å². The zero-order chi connectivity index (χ0) is 23.3. The molecule has 0 aromatic heterocycles. The van der Waals surface area contributed by atoms with Gasteiger partial charge in [0.2, 0.25) is 0 Å². The van der Waals surface area contributed by atoms with E-state index < -0.39 is 11.4 Å². The normalized spacial score (nSPS) is 54.3. The number of aliphatic carboxylic acids is 1. The molecule has 5 rings (SSSR count). The molecule has 0 radical (unpaired) electrons. The largest absolute Gasteiger partial charge is 0.481 e. The molecule has 2 unspecified atom stereocenters. The molecule has 5 aliphatic carbocycles. The fourth-order valence-corrected chi connectivity index (χ4v) is 11.0. The molecule has 180 valence electrons. The van der Waals surface area contributed by atoms with Crippen LogP contribution in [0.15, 0.2) is 11.6 Å². The molecule has 2 heteroatoms. The van der Waals surface area contributed by atoms with Crippen molar-refractivity contribution in [2.75, 3.05) is 0 Å². The fourth-order valence-electron chi connectivity index (χ4n) is 11.0. The molecule has 9 atom stereocenters. The molecule has 4 fully saturated rings. The Hall–Kier alpha value is -0.790. The van der Waals surface area contributed by atoms with Crippen molar-refractivity contribution in [1.82, 2.24) is 0 Å². The second-order valence-electron chi connectivity index (χ2n) is 14.5. The van der Waals surface area contributed by atoms with E-state index in [0.29, 0.717) is 28.1 Å². The van der Waals surface area contributed by atoms with Gasteiger partial charge in [-0.15, -0.1) is 0 Å². The summed E-state index contributed by atoms with van der Waals surface area (Å²) in [5.74, 6) is 2.36. The van der Waals surface area contributed by atoms with Crippen molar-refractivity contribution < 1.29 is 9.90 Å². The van der Waals surface area contributed by atoms with Crippen LogP contribution in [0, 0.1) is 56.7 Å². The summed E-state index contributed by atoms with van der Waals surface area (Å²) in [6.07, 6.45) is 14.5. The quantitative estimate of drug-likeness (QED) is 0.418. The van der Waals surface area contributed by atoms with Gasteiger partial charge in [0, 0.05) is 0 Å². The van der Waals surface area contributed by atoms with Crippen LogP contribution < -0.4 is 0 Å². The van der Waals surface area contributed by atoms with Gasteiger partial charge in [0.05, 0.1) is 5.41 Å². The molecule has 5 aliphatic rings. The number of carboxylic acids is 1. The minimum atomic E-state index is -0.519. The number of carboxylic acid groups (broad SMARTS) is 1. The monoisotopic (exact) mass is 440 g/mol. The third-order valence-electron chi connectivity index (χ3n) is 13.2. The molecule has 0 heterocycles. The highest BCUT2D eigenvalue weighted by atomic mass is 16.4. The molecule has 32 heavy (non-hydrogen) atoms. The lowest BCUT2D eigenvalue weighted by molar-refractivity contribution is -0.189. The lowest BCUT2D eigenvalue weighted by atomic mass is 9.33. The molecule has 0 aromatic carbocycles. The zero-order valence-corrected chi connectivity index (χ0v) is 21.9. The maximum atomic E-state index is 12.8.